The van der Waals surface area contributed by atoms with Gasteiger partial charge in [-0.25, -0.2) is 0 Å². The van der Waals surface area contributed by atoms with Crippen LogP contribution >= 0.6 is 0 Å². The number of ether oxygens (including phenoxy) is 1. The van der Waals surface area contributed by atoms with E-state index in [9.17, 15) is 14.9 Å². The van der Waals surface area contributed by atoms with Gasteiger partial charge in [-0.3, -0.25) is 19.6 Å². The quantitative estimate of drug-likeness (QED) is 0.503. The normalized spacial score (nSPS) is 10.6. The molecule has 0 aliphatic carbocycles. The first kappa shape index (κ1) is 20.1. The molecule has 0 aliphatic heterocycles. The Morgan fingerprint density at radius 2 is 1.97 bits per heavy atom. The molecule has 0 saturated carbocycles. The summed E-state index contributed by atoms with van der Waals surface area (Å²) in [6, 6.07) is 12.1. The number of aryl methyl sites for hydroxylation is 2. The van der Waals surface area contributed by atoms with Crippen molar-refractivity contribution in [3.63, 3.8) is 0 Å². The molecule has 1 aromatic heterocycles. The number of nitrogens with one attached hydrogen (secondary N) is 1. The van der Waals surface area contributed by atoms with Gasteiger partial charge < -0.3 is 10.1 Å². The van der Waals surface area contributed by atoms with Crippen molar-refractivity contribution in [2.24, 2.45) is 0 Å². The summed E-state index contributed by atoms with van der Waals surface area (Å²) in [5.74, 6) is 0.346. The molecule has 0 radical (unpaired) electrons. The number of hydrogen-bond acceptors (Lipinski definition) is 5. The van der Waals surface area contributed by atoms with E-state index in [1.165, 1.54) is 6.07 Å². The van der Waals surface area contributed by atoms with Gasteiger partial charge >= 0.3 is 0 Å². The Morgan fingerprint density at radius 1 is 1.21 bits per heavy atom. The average molecular weight is 394 g/mol. The van der Waals surface area contributed by atoms with E-state index in [2.05, 4.69) is 10.4 Å². The van der Waals surface area contributed by atoms with Crippen LogP contribution in [0.2, 0.25) is 0 Å². The molecule has 0 saturated heterocycles. The van der Waals surface area contributed by atoms with Crippen LogP contribution in [0.5, 0.6) is 5.75 Å². The van der Waals surface area contributed by atoms with Crippen molar-refractivity contribution in [1.29, 1.82) is 0 Å². The molecule has 8 nitrogen and oxygen atoms in total. The number of nitrogens with zero attached hydrogens (tertiary/aromatic N) is 3. The Kier molecular flexibility index (Phi) is 5.63. The van der Waals surface area contributed by atoms with Gasteiger partial charge in [0.1, 0.15) is 5.75 Å². The number of hydrogen-bond donors (Lipinski definition) is 1. The molecular formula is C21H22N4O4. The Labute approximate surface area is 168 Å². The standard InChI is InChI=1S/C21H22N4O4/c1-13-8-9-17(11-19(13)25(27)28)21(26)22-20-14(2)23-24(15(20)3)12-16-6-5-7-18(10-16)29-4/h5-11H,12H2,1-4H3,(H,22,26). The summed E-state index contributed by atoms with van der Waals surface area (Å²) in [7, 11) is 1.62. The fourth-order valence-electron chi connectivity index (χ4n) is 3.11. The lowest BCUT2D eigenvalue weighted by Gasteiger charge is -2.09. The van der Waals surface area contributed by atoms with Crippen molar-refractivity contribution in [2.75, 3.05) is 12.4 Å². The molecule has 3 rings (SSSR count). The number of carbonyl (C=O) groups is 1. The third-order valence-electron chi connectivity index (χ3n) is 4.75. The molecule has 3 aromatic rings. The number of amides is 1. The molecule has 0 aliphatic rings. The number of aromatic nitrogens is 2. The monoisotopic (exact) mass is 394 g/mol. The van der Waals surface area contributed by atoms with E-state index >= 15 is 0 Å². The molecule has 0 unspecified atom stereocenters. The minimum Gasteiger partial charge on any atom is -0.497 e. The maximum absolute atomic E-state index is 12.7. The molecule has 8 heteroatoms. The number of methoxy groups -OCH3 is 1. The minimum absolute atomic E-state index is 0.0835. The maximum atomic E-state index is 12.7. The molecule has 0 atom stereocenters. The van der Waals surface area contributed by atoms with Gasteiger partial charge in [-0.1, -0.05) is 18.2 Å². The summed E-state index contributed by atoms with van der Waals surface area (Å²) in [6.45, 7) is 5.84. The molecular weight excluding hydrogens is 372 g/mol. The second-order valence-corrected chi connectivity index (χ2v) is 6.77. The Hall–Kier alpha value is -3.68. The summed E-state index contributed by atoms with van der Waals surface area (Å²) in [5.41, 5.74) is 3.72. The number of benzene rings is 2. The van der Waals surface area contributed by atoms with Crippen LogP contribution in [0.25, 0.3) is 0 Å². The van der Waals surface area contributed by atoms with Crippen LogP contribution in [-0.2, 0) is 6.54 Å². The van der Waals surface area contributed by atoms with E-state index in [0.717, 1.165) is 17.0 Å². The lowest BCUT2D eigenvalue weighted by Crippen LogP contribution is -2.14. The molecule has 0 fully saturated rings. The highest BCUT2D eigenvalue weighted by Crippen LogP contribution is 2.24. The van der Waals surface area contributed by atoms with Gasteiger partial charge in [-0.05, 0) is 44.5 Å². The topological polar surface area (TPSA) is 99.3 Å². The second-order valence-electron chi connectivity index (χ2n) is 6.77. The van der Waals surface area contributed by atoms with Gasteiger partial charge in [0.25, 0.3) is 11.6 Å². The maximum Gasteiger partial charge on any atom is 0.273 e. The van der Waals surface area contributed by atoms with Crippen LogP contribution < -0.4 is 10.1 Å². The Morgan fingerprint density at radius 3 is 2.66 bits per heavy atom. The molecule has 1 heterocycles. The van der Waals surface area contributed by atoms with Gasteiger partial charge in [-0.15, -0.1) is 0 Å². The number of nitro groups is 1. The Balaban J connectivity index is 1.84. The van der Waals surface area contributed by atoms with E-state index in [4.69, 9.17) is 4.74 Å². The lowest BCUT2D eigenvalue weighted by molar-refractivity contribution is -0.385. The fourth-order valence-corrected chi connectivity index (χ4v) is 3.11. The molecule has 0 spiro atoms. The molecule has 1 N–H and O–H groups in total. The lowest BCUT2D eigenvalue weighted by atomic mass is 10.1. The van der Waals surface area contributed by atoms with Crippen molar-refractivity contribution in [2.45, 2.75) is 27.3 Å². The summed E-state index contributed by atoms with van der Waals surface area (Å²) in [5, 5.41) is 18.5. The number of nitro benzene ring substituents is 1. The smallest absolute Gasteiger partial charge is 0.273 e. The predicted octanol–water partition coefficient (Wildman–Crippen LogP) is 4.03. The van der Waals surface area contributed by atoms with E-state index in [1.807, 2.05) is 38.1 Å². The Bertz CT molecular complexity index is 1090. The SMILES string of the molecule is COc1cccc(Cn2nc(C)c(NC(=O)c3ccc(C)c([N+](=O)[O-])c3)c2C)c1. The highest BCUT2D eigenvalue weighted by Gasteiger charge is 2.18. The van der Waals surface area contributed by atoms with Crippen molar-refractivity contribution >= 4 is 17.3 Å². The van der Waals surface area contributed by atoms with Gasteiger partial charge in [0.05, 0.1) is 35.7 Å². The van der Waals surface area contributed by atoms with E-state index < -0.39 is 10.8 Å². The zero-order chi connectivity index (χ0) is 21.1. The van der Waals surface area contributed by atoms with Crippen LogP contribution in [0.3, 0.4) is 0 Å². The van der Waals surface area contributed by atoms with Crippen LogP contribution in [-0.4, -0.2) is 27.7 Å². The van der Waals surface area contributed by atoms with Crippen LogP contribution in [0, 0.1) is 30.9 Å². The van der Waals surface area contributed by atoms with Crippen LogP contribution in [0.15, 0.2) is 42.5 Å². The first-order chi connectivity index (χ1) is 13.8. The first-order valence-corrected chi connectivity index (χ1v) is 9.03. The van der Waals surface area contributed by atoms with Crippen molar-refractivity contribution in [3.8, 4) is 5.75 Å². The van der Waals surface area contributed by atoms with Gasteiger partial charge in [-0.2, -0.15) is 5.10 Å². The molecule has 2 aromatic carbocycles. The van der Waals surface area contributed by atoms with E-state index in [-0.39, 0.29) is 11.3 Å². The third kappa shape index (κ3) is 4.26. The molecule has 1 amide bonds. The van der Waals surface area contributed by atoms with Crippen molar-refractivity contribution in [3.05, 3.63) is 80.7 Å². The van der Waals surface area contributed by atoms with Crippen molar-refractivity contribution in [1.82, 2.24) is 9.78 Å². The van der Waals surface area contributed by atoms with E-state index in [0.29, 0.717) is 23.5 Å². The van der Waals surface area contributed by atoms with Gasteiger partial charge in [0.15, 0.2) is 0 Å². The van der Waals surface area contributed by atoms with Crippen molar-refractivity contribution < 1.29 is 14.5 Å². The summed E-state index contributed by atoms with van der Waals surface area (Å²) < 4.78 is 7.06. The highest BCUT2D eigenvalue weighted by molar-refractivity contribution is 6.05. The molecule has 29 heavy (non-hydrogen) atoms. The number of carbonyl (C=O) groups excluding carboxylic acids is 1. The van der Waals surface area contributed by atoms with Crippen LogP contribution in [0.1, 0.15) is 32.9 Å². The number of rotatable bonds is 6. The summed E-state index contributed by atoms with van der Waals surface area (Å²) >= 11 is 0. The largest absolute Gasteiger partial charge is 0.497 e. The van der Waals surface area contributed by atoms with Crippen LogP contribution in [0.4, 0.5) is 11.4 Å². The first-order valence-electron chi connectivity index (χ1n) is 9.03. The number of anilines is 1. The zero-order valence-corrected chi connectivity index (χ0v) is 16.7. The predicted molar refractivity (Wildman–Crippen MR) is 110 cm³/mol. The second kappa shape index (κ2) is 8.14. The highest BCUT2D eigenvalue weighted by atomic mass is 16.6. The third-order valence-corrected chi connectivity index (χ3v) is 4.75. The molecule has 0 bridgehead atoms. The van der Waals surface area contributed by atoms with Gasteiger partial charge in [0, 0.05) is 17.2 Å². The van der Waals surface area contributed by atoms with Gasteiger partial charge in [0.2, 0.25) is 0 Å². The zero-order valence-electron chi connectivity index (χ0n) is 16.7. The average Bonchev–Trinajstić information content (AvgIpc) is 2.95. The summed E-state index contributed by atoms with van der Waals surface area (Å²) in [6.07, 6.45) is 0. The minimum atomic E-state index is -0.491. The molecule has 150 valence electrons. The van der Waals surface area contributed by atoms with E-state index in [1.54, 1.807) is 30.8 Å². The summed E-state index contributed by atoms with van der Waals surface area (Å²) in [4.78, 5) is 23.3. The fraction of sp³-hybridized carbons (Fsp3) is 0.238.